The summed E-state index contributed by atoms with van der Waals surface area (Å²) >= 11 is 0. The molecule has 0 aromatic heterocycles. The number of rotatable bonds is 0. The van der Waals surface area contributed by atoms with Crippen LogP contribution in [0.2, 0.25) is 0 Å². The number of aliphatic hydroxyl groups excluding tert-OH is 1. The Kier molecular flexibility index (Phi) is 3.62. The third-order valence-corrected chi connectivity index (χ3v) is 8.18. The summed E-state index contributed by atoms with van der Waals surface area (Å²) in [4.78, 5) is 0. The van der Waals surface area contributed by atoms with E-state index in [9.17, 15) is 14.6 Å². The minimum Gasteiger partial charge on any atom is -0.393 e. The van der Waals surface area contributed by atoms with Gasteiger partial charge in [-0.3, -0.25) is 0 Å². The van der Waals surface area contributed by atoms with Crippen LogP contribution in [0.15, 0.2) is 0 Å². The first-order chi connectivity index (χ1) is 10.4. The number of hydrogen-bond acceptors (Lipinski definition) is 2. The lowest BCUT2D eigenvalue weighted by atomic mass is 9.56. The smallest absolute Gasteiger partial charge is 0.106 e. The standard InChI is InChI=1S/C19H31FO2/c1-18-8-7-14-10-13-11-15(21)3-2-12(13)6-9-19(14,22)16(18)4-5-17(18)20/h12-17,21-22H,2-11H2,1H3/t12?,13?,14?,15?,16?,17?,18?,19-/m1/s1. The van der Waals surface area contributed by atoms with Crippen LogP contribution < -0.4 is 0 Å². The molecular weight excluding hydrogens is 279 g/mol. The molecule has 0 spiro atoms. The molecular formula is C19H31FO2. The van der Waals surface area contributed by atoms with Crippen LogP contribution in [-0.4, -0.2) is 28.1 Å². The van der Waals surface area contributed by atoms with Crippen LogP contribution in [0.3, 0.4) is 0 Å². The normalized spacial score (nSPS) is 58.4. The van der Waals surface area contributed by atoms with E-state index in [0.717, 1.165) is 57.8 Å². The summed E-state index contributed by atoms with van der Waals surface area (Å²) in [6.07, 6.45) is 8.51. The van der Waals surface area contributed by atoms with Crippen molar-refractivity contribution in [2.24, 2.45) is 29.1 Å². The van der Waals surface area contributed by atoms with Gasteiger partial charge in [0.15, 0.2) is 0 Å². The van der Waals surface area contributed by atoms with Gasteiger partial charge in [0.1, 0.15) is 6.17 Å². The molecule has 0 saturated heterocycles. The van der Waals surface area contributed by atoms with Crippen molar-refractivity contribution in [2.45, 2.75) is 89.0 Å². The monoisotopic (exact) mass is 310 g/mol. The fraction of sp³-hybridized carbons (Fsp3) is 1.00. The summed E-state index contributed by atoms with van der Waals surface area (Å²) in [6.45, 7) is 2.09. The molecule has 0 radical (unpaired) electrons. The second-order valence-corrected chi connectivity index (χ2v) is 9.09. The van der Waals surface area contributed by atoms with Gasteiger partial charge in [0.05, 0.1) is 11.7 Å². The largest absolute Gasteiger partial charge is 0.393 e. The first-order valence-electron chi connectivity index (χ1n) is 9.48. The molecule has 0 aliphatic heterocycles. The van der Waals surface area contributed by atoms with Crippen molar-refractivity contribution in [3.63, 3.8) is 0 Å². The van der Waals surface area contributed by atoms with E-state index in [0.29, 0.717) is 24.2 Å². The number of fused-ring (bicyclic) bond motifs is 4. The molecule has 4 fully saturated rings. The lowest BCUT2D eigenvalue weighted by molar-refractivity contribution is -0.150. The Morgan fingerprint density at radius 3 is 2.55 bits per heavy atom. The Morgan fingerprint density at radius 2 is 1.73 bits per heavy atom. The van der Waals surface area contributed by atoms with Crippen LogP contribution in [0.25, 0.3) is 0 Å². The first-order valence-corrected chi connectivity index (χ1v) is 9.48. The Labute approximate surface area is 133 Å². The van der Waals surface area contributed by atoms with E-state index in [-0.39, 0.29) is 17.4 Å². The first kappa shape index (κ1) is 15.4. The highest BCUT2D eigenvalue weighted by atomic mass is 19.1. The van der Waals surface area contributed by atoms with Crippen LogP contribution >= 0.6 is 0 Å². The number of aliphatic hydroxyl groups is 2. The van der Waals surface area contributed by atoms with Crippen molar-refractivity contribution in [2.75, 3.05) is 0 Å². The average molecular weight is 310 g/mol. The summed E-state index contributed by atoms with van der Waals surface area (Å²) in [7, 11) is 0. The molecule has 126 valence electrons. The molecule has 4 aliphatic rings. The van der Waals surface area contributed by atoms with Gasteiger partial charge in [0, 0.05) is 5.41 Å². The molecule has 8 atom stereocenters. The molecule has 22 heavy (non-hydrogen) atoms. The third kappa shape index (κ3) is 2.11. The topological polar surface area (TPSA) is 40.5 Å². The highest BCUT2D eigenvalue weighted by molar-refractivity contribution is 5.11. The quantitative estimate of drug-likeness (QED) is 0.713. The van der Waals surface area contributed by atoms with E-state index in [4.69, 9.17) is 0 Å². The molecule has 4 aliphatic carbocycles. The molecule has 4 saturated carbocycles. The van der Waals surface area contributed by atoms with Crippen LogP contribution in [0, 0.1) is 29.1 Å². The second kappa shape index (κ2) is 5.17. The number of halogens is 1. The van der Waals surface area contributed by atoms with Gasteiger partial charge in [0.2, 0.25) is 0 Å². The molecule has 0 heterocycles. The van der Waals surface area contributed by atoms with Gasteiger partial charge in [0.25, 0.3) is 0 Å². The van der Waals surface area contributed by atoms with Gasteiger partial charge < -0.3 is 10.2 Å². The summed E-state index contributed by atoms with van der Waals surface area (Å²) in [5.41, 5.74) is -0.934. The van der Waals surface area contributed by atoms with E-state index in [1.165, 1.54) is 0 Å². The zero-order chi connectivity index (χ0) is 15.5. The maximum absolute atomic E-state index is 14.5. The highest BCUT2D eigenvalue weighted by Crippen LogP contribution is 2.62. The number of hydrogen-bond donors (Lipinski definition) is 2. The Balaban J connectivity index is 1.61. The van der Waals surface area contributed by atoms with Gasteiger partial charge in [-0.1, -0.05) is 6.92 Å². The van der Waals surface area contributed by atoms with E-state index in [1.807, 2.05) is 0 Å². The predicted octanol–water partition coefficient (Wildman–Crippen LogP) is 3.84. The minimum atomic E-state index is -0.727. The van der Waals surface area contributed by atoms with E-state index >= 15 is 0 Å². The lowest BCUT2D eigenvalue weighted by Gasteiger charge is -2.52. The zero-order valence-electron chi connectivity index (χ0n) is 13.8. The summed E-state index contributed by atoms with van der Waals surface area (Å²) in [6, 6.07) is 0. The molecule has 3 heteroatoms. The van der Waals surface area contributed by atoms with Crippen molar-refractivity contribution in [1.29, 1.82) is 0 Å². The Morgan fingerprint density at radius 1 is 0.909 bits per heavy atom. The van der Waals surface area contributed by atoms with Gasteiger partial charge >= 0.3 is 0 Å². The molecule has 0 aromatic carbocycles. The van der Waals surface area contributed by atoms with Crippen molar-refractivity contribution < 1.29 is 14.6 Å². The highest BCUT2D eigenvalue weighted by Gasteiger charge is 2.61. The zero-order valence-corrected chi connectivity index (χ0v) is 13.8. The lowest BCUT2D eigenvalue weighted by Crippen LogP contribution is -2.54. The molecule has 2 nitrogen and oxygen atoms in total. The van der Waals surface area contributed by atoms with Crippen molar-refractivity contribution in [3.8, 4) is 0 Å². The van der Waals surface area contributed by atoms with E-state index < -0.39 is 11.8 Å². The summed E-state index contributed by atoms with van der Waals surface area (Å²) in [5.74, 6) is 1.73. The van der Waals surface area contributed by atoms with E-state index in [2.05, 4.69) is 6.92 Å². The van der Waals surface area contributed by atoms with Crippen LogP contribution in [0.4, 0.5) is 4.39 Å². The van der Waals surface area contributed by atoms with Gasteiger partial charge in [-0.15, -0.1) is 0 Å². The van der Waals surface area contributed by atoms with Crippen LogP contribution in [0.5, 0.6) is 0 Å². The van der Waals surface area contributed by atoms with Crippen molar-refractivity contribution in [3.05, 3.63) is 0 Å². The van der Waals surface area contributed by atoms with Crippen LogP contribution in [-0.2, 0) is 0 Å². The van der Waals surface area contributed by atoms with Gasteiger partial charge in [-0.2, -0.15) is 0 Å². The SMILES string of the molecule is CC12CCC3CC4CC(O)CCC4CC[C@]3(O)C1CCC2F. The van der Waals surface area contributed by atoms with Gasteiger partial charge in [-0.25, -0.2) is 4.39 Å². The summed E-state index contributed by atoms with van der Waals surface area (Å²) in [5, 5.41) is 21.6. The van der Waals surface area contributed by atoms with Gasteiger partial charge in [-0.05, 0) is 87.9 Å². The number of alkyl halides is 1. The maximum atomic E-state index is 14.5. The second-order valence-electron chi connectivity index (χ2n) is 9.09. The summed E-state index contributed by atoms with van der Waals surface area (Å²) < 4.78 is 14.5. The molecule has 2 N–H and O–H groups in total. The molecule has 0 amide bonds. The fourth-order valence-corrected chi connectivity index (χ4v) is 6.82. The Hall–Kier alpha value is -0.150. The molecule has 0 aromatic rings. The molecule has 7 unspecified atom stereocenters. The predicted molar refractivity (Wildman–Crippen MR) is 84.1 cm³/mol. The molecule has 4 rings (SSSR count). The van der Waals surface area contributed by atoms with Crippen LogP contribution in [0.1, 0.15) is 71.1 Å². The average Bonchev–Trinajstić information content (AvgIpc) is 2.70. The maximum Gasteiger partial charge on any atom is 0.106 e. The van der Waals surface area contributed by atoms with Crippen molar-refractivity contribution >= 4 is 0 Å². The minimum absolute atomic E-state index is 0.136. The fourth-order valence-electron chi connectivity index (χ4n) is 6.82. The third-order valence-electron chi connectivity index (χ3n) is 8.18. The molecule has 0 bridgehead atoms. The van der Waals surface area contributed by atoms with Crippen molar-refractivity contribution in [1.82, 2.24) is 0 Å². The van der Waals surface area contributed by atoms with E-state index in [1.54, 1.807) is 0 Å². The Bertz CT molecular complexity index is 441.